The molecule has 0 saturated heterocycles. The lowest BCUT2D eigenvalue weighted by molar-refractivity contribution is 1.07. The van der Waals surface area contributed by atoms with Crippen molar-refractivity contribution >= 4 is 35.5 Å². The Bertz CT molecular complexity index is 54.9. The molecule has 9 heavy (non-hydrogen) atoms. The van der Waals surface area contributed by atoms with Crippen LogP contribution in [0.4, 0.5) is 0 Å². The third-order valence-corrected chi connectivity index (χ3v) is 1.64. The first-order chi connectivity index (χ1) is 4.27. The van der Waals surface area contributed by atoms with Gasteiger partial charge in [-0.25, -0.2) is 0 Å². The Labute approximate surface area is 62.7 Å². The fraction of sp³-hybridized carbons (Fsp3) is 1.00. The van der Waals surface area contributed by atoms with Crippen LogP contribution in [0.3, 0.4) is 0 Å². The maximum absolute atomic E-state index is 2.30. The van der Waals surface area contributed by atoms with E-state index in [0.29, 0.717) is 0 Å². The highest BCUT2D eigenvalue weighted by Crippen LogP contribution is 1.92. The van der Waals surface area contributed by atoms with E-state index in [4.69, 9.17) is 0 Å². The summed E-state index contributed by atoms with van der Waals surface area (Å²) in [4.78, 5) is 0. The lowest BCUT2D eigenvalue weighted by Crippen LogP contribution is -2.23. The van der Waals surface area contributed by atoms with Crippen LogP contribution in [0.15, 0.2) is 0 Å². The van der Waals surface area contributed by atoms with E-state index in [1.165, 1.54) is 35.5 Å². The van der Waals surface area contributed by atoms with Crippen LogP contribution < -0.4 is 0 Å². The molecule has 0 aliphatic heterocycles. The Morgan fingerprint density at radius 2 is 1.67 bits per heavy atom. The topological polar surface area (TPSA) is 0 Å². The summed E-state index contributed by atoms with van der Waals surface area (Å²) in [6.07, 6.45) is 0. The summed E-state index contributed by atoms with van der Waals surface area (Å²) in [6.45, 7) is 6.85. The Morgan fingerprint density at radius 1 is 1.00 bits per heavy atom. The first-order valence-corrected chi connectivity index (χ1v) is 4.27. The van der Waals surface area contributed by atoms with Crippen LogP contribution in [-0.2, 0) is 0 Å². The van der Waals surface area contributed by atoms with Gasteiger partial charge in [0.1, 0.15) is 0 Å². The lowest BCUT2D eigenvalue weighted by atomic mass is 9.01. The molecule has 0 bridgehead atoms. The van der Waals surface area contributed by atoms with Crippen LogP contribution in [0, 0.1) is 0 Å². The molecule has 0 rings (SSSR count). The second-order valence-corrected chi connectivity index (χ2v) is 3.24. The summed E-state index contributed by atoms with van der Waals surface area (Å²) < 4.78 is 0. The smallest absolute Gasteiger partial charge is 0.0808 e. The van der Waals surface area contributed by atoms with Crippen LogP contribution in [-0.4, -0.2) is 35.5 Å². The van der Waals surface area contributed by atoms with Crippen LogP contribution in [0.25, 0.3) is 0 Å². The van der Waals surface area contributed by atoms with Crippen molar-refractivity contribution in [2.45, 2.75) is 26.5 Å². The van der Waals surface area contributed by atoms with E-state index in [-0.39, 0.29) is 0 Å². The molecule has 0 atom stereocenters. The molecular weight excluding hydrogens is 102 g/mol. The largest absolute Gasteiger partial charge is 0.0966 e. The van der Waals surface area contributed by atoms with Crippen LogP contribution in [0.5, 0.6) is 0 Å². The molecular formula is C4H15B5. The zero-order valence-electron chi connectivity index (χ0n) is 7.11. The minimum atomic E-state index is 0.904. The summed E-state index contributed by atoms with van der Waals surface area (Å²) in [5.74, 6) is 0.904. The van der Waals surface area contributed by atoms with Crippen molar-refractivity contribution in [3.8, 4) is 0 Å². The van der Waals surface area contributed by atoms with Gasteiger partial charge in [-0.3, -0.25) is 0 Å². The fourth-order valence-corrected chi connectivity index (χ4v) is 0.979. The first-order valence-electron chi connectivity index (χ1n) is 4.27. The standard InChI is InChI=1S/C4H15B5/c1-4(2)6-8-9-7-5-3/h4-9H,1-3H3. The summed E-state index contributed by atoms with van der Waals surface area (Å²) in [6, 6.07) is 0. The van der Waals surface area contributed by atoms with E-state index in [0.717, 1.165) is 5.82 Å². The van der Waals surface area contributed by atoms with Crippen molar-refractivity contribution in [3.05, 3.63) is 0 Å². The second kappa shape index (κ2) is 6.44. The van der Waals surface area contributed by atoms with E-state index in [2.05, 4.69) is 20.7 Å². The van der Waals surface area contributed by atoms with Crippen molar-refractivity contribution in [2.24, 2.45) is 0 Å². The number of hydrogen-bond acceptors (Lipinski definition) is 0. The highest BCUT2D eigenvalue weighted by atomic mass is 13.6. The van der Waals surface area contributed by atoms with Gasteiger partial charge in [0, 0.05) is 21.2 Å². The molecule has 0 amide bonds. The highest BCUT2D eigenvalue weighted by molar-refractivity contribution is 7.53. The molecule has 46 valence electrons. The minimum absolute atomic E-state index is 0.904. The van der Waals surface area contributed by atoms with Gasteiger partial charge in [-0.05, 0) is 0 Å². The second-order valence-electron chi connectivity index (χ2n) is 3.24. The molecule has 0 aromatic carbocycles. The quantitative estimate of drug-likeness (QED) is 0.310. The summed E-state index contributed by atoms with van der Waals surface area (Å²) in [5, 5.41) is 0. The van der Waals surface area contributed by atoms with Crippen molar-refractivity contribution in [2.75, 3.05) is 0 Å². The molecule has 0 nitrogen and oxygen atoms in total. The Balaban J connectivity index is 2.75. The zero-order chi connectivity index (χ0) is 7.11. The summed E-state index contributed by atoms with van der Waals surface area (Å²) in [5.41, 5.74) is 0. The predicted octanol–water partition coefficient (Wildman–Crippen LogP) is -1.29. The Hall–Kier alpha value is 0.325. The molecule has 0 radical (unpaired) electrons. The van der Waals surface area contributed by atoms with Crippen molar-refractivity contribution < 1.29 is 0 Å². The van der Waals surface area contributed by atoms with Gasteiger partial charge in [0.15, 0.2) is 0 Å². The van der Waals surface area contributed by atoms with E-state index >= 15 is 0 Å². The molecule has 0 aromatic heterocycles. The zero-order valence-corrected chi connectivity index (χ0v) is 7.11. The van der Waals surface area contributed by atoms with Crippen LogP contribution in [0.1, 0.15) is 13.8 Å². The minimum Gasteiger partial charge on any atom is -0.0966 e. The monoisotopic (exact) mass is 118 g/mol. The van der Waals surface area contributed by atoms with E-state index in [9.17, 15) is 0 Å². The average molecular weight is 117 g/mol. The molecule has 0 N–H and O–H groups in total. The maximum atomic E-state index is 2.30. The van der Waals surface area contributed by atoms with Crippen LogP contribution >= 0.6 is 0 Å². The molecule has 0 aromatic rings. The van der Waals surface area contributed by atoms with E-state index < -0.39 is 0 Å². The SMILES string of the molecule is CBBBBBC(C)C. The van der Waals surface area contributed by atoms with Gasteiger partial charge >= 0.3 is 0 Å². The fourth-order valence-electron chi connectivity index (χ4n) is 0.979. The molecule has 5 heteroatoms. The molecule has 0 spiro atoms. The third-order valence-electron chi connectivity index (χ3n) is 1.64. The van der Waals surface area contributed by atoms with E-state index in [1.54, 1.807) is 0 Å². The van der Waals surface area contributed by atoms with E-state index in [1.807, 2.05) is 0 Å². The maximum Gasteiger partial charge on any atom is 0.0808 e. The van der Waals surface area contributed by atoms with Gasteiger partial charge < -0.3 is 0 Å². The van der Waals surface area contributed by atoms with Gasteiger partial charge in [-0.1, -0.05) is 26.5 Å². The van der Waals surface area contributed by atoms with Gasteiger partial charge in [0.05, 0.1) is 14.3 Å². The van der Waals surface area contributed by atoms with Gasteiger partial charge in [-0.2, -0.15) is 0 Å². The normalized spacial score (nSPS) is 8.44. The first kappa shape index (κ1) is 9.32. The molecule has 0 saturated carbocycles. The van der Waals surface area contributed by atoms with Gasteiger partial charge in [-0.15, -0.1) is 0 Å². The Kier molecular flexibility index (Phi) is 6.68. The molecule has 0 fully saturated rings. The summed E-state index contributed by atoms with van der Waals surface area (Å²) >= 11 is 0. The third kappa shape index (κ3) is 8.32. The summed E-state index contributed by atoms with van der Waals surface area (Å²) in [7, 11) is 7.07. The number of rotatable bonds is 5. The molecule has 0 aliphatic carbocycles. The average Bonchev–Trinajstić information content (AvgIpc) is 1.80. The van der Waals surface area contributed by atoms with Crippen molar-refractivity contribution in [3.63, 3.8) is 0 Å². The molecule has 0 aliphatic rings. The molecule has 0 heterocycles. The highest BCUT2D eigenvalue weighted by Gasteiger charge is 1.98. The van der Waals surface area contributed by atoms with Gasteiger partial charge in [0.25, 0.3) is 0 Å². The van der Waals surface area contributed by atoms with Crippen molar-refractivity contribution in [1.82, 2.24) is 0 Å². The number of hydrogen-bond donors (Lipinski definition) is 0. The lowest BCUT2D eigenvalue weighted by Gasteiger charge is -1.96. The molecule has 0 unspecified atom stereocenters. The Morgan fingerprint density at radius 3 is 2.11 bits per heavy atom. The van der Waals surface area contributed by atoms with Gasteiger partial charge in [0.2, 0.25) is 0 Å². The van der Waals surface area contributed by atoms with Crippen molar-refractivity contribution in [1.29, 1.82) is 0 Å². The predicted molar refractivity (Wildman–Crippen MR) is 56.7 cm³/mol. The van der Waals surface area contributed by atoms with Crippen LogP contribution in [0.2, 0.25) is 12.6 Å².